The van der Waals surface area contributed by atoms with E-state index in [0.717, 1.165) is 11.3 Å². The van der Waals surface area contributed by atoms with Crippen LogP contribution in [0, 0.1) is 6.92 Å². The first-order chi connectivity index (χ1) is 10.5. The van der Waals surface area contributed by atoms with Gasteiger partial charge in [-0.25, -0.2) is 4.79 Å². The molecule has 0 spiro atoms. The second-order valence-electron chi connectivity index (χ2n) is 4.77. The molecule has 0 saturated carbocycles. The molecule has 6 nitrogen and oxygen atoms in total. The molecule has 2 N–H and O–H groups in total. The quantitative estimate of drug-likeness (QED) is 0.830. The van der Waals surface area contributed by atoms with Crippen LogP contribution in [0.5, 0.6) is 5.75 Å². The first-order valence-electron chi connectivity index (χ1n) is 6.74. The fraction of sp³-hybridized carbons (Fsp3) is 0.250. The van der Waals surface area contributed by atoms with E-state index in [1.54, 1.807) is 26.2 Å². The fourth-order valence-electron chi connectivity index (χ4n) is 2.17. The number of H-pyrrole nitrogens is 1. The molecule has 0 aliphatic heterocycles. The number of anilines is 1. The van der Waals surface area contributed by atoms with Crippen LogP contribution in [-0.2, 0) is 16.0 Å². The molecule has 116 valence electrons. The molecular weight excluding hydrogens is 284 g/mol. The van der Waals surface area contributed by atoms with Crippen molar-refractivity contribution in [1.82, 2.24) is 4.98 Å². The highest BCUT2D eigenvalue weighted by Crippen LogP contribution is 2.21. The average Bonchev–Trinajstić information content (AvgIpc) is 2.87. The Kier molecular flexibility index (Phi) is 4.83. The van der Waals surface area contributed by atoms with Crippen LogP contribution < -0.4 is 10.1 Å². The van der Waals surface area contributed by atoms with E-state index in [1.807, 2.05) is 18.2 Å². The Morgan fingerprint density at radius 3 is 2.64 bits per heavy atom. The molecule has 0 radical (unpaired) electrons. The van der Waals surface area contributed by atoms with E-state index >= 15 is 0 Å². The lowest BCUT2D eigenvalue weighted by atomic mass is 10.1. The molecule has 1 amide bonds. The Bertz CT molecular complexity index is 691. The highest BCUT2D eigenvalue weighted by molar-refractivity contribution is 6.01. The van der Waals surface area contributed by atoms with Gasteiger partial charge in [-0.15, -0.1) is 0 Å². The molecule has 22 heavy (non-hydrogen) atoms. The number of para-hydroxylation sites is 1. The first kappa shape index (κ1) is 15.6. The minimum atomic E-state index is -0.527. The van der Waals surface area contributed by atoms with E-state index in [2.05, 4.69) is 15.0 Å². The maximum absolute atomic E-state index is 12.2. The summed E-state index contributed by atoms with van der Waals surface area (Å²) < 4.78 is 9.90. The van der Waals surface area contributed by atoms with E-state index in [9.17, 15) is 9.59 Å². The number of ether oxygens (including phenoxy) is 2. The number of hydrogen-bond acceptors (Lipinski definition) is 4. The summed E-state index contributed by atoms with van der Waals surface area (Å²) in [5.41, 5.74) is 2.17. The number of aryl methyl sites for hydroxylation is 1. The topological polar surface area (TPSA) is 80.4 Å². The Labute approximate surface area is 128 Å². The summed E-state index contributed by atoms with van der Waals surface area (Å²) in [4.78, 5) is 26.7. The molecule has 1 aromatic heterocycles. The number of rotatable bonds is 5. The Morgan fingerprint density at radius 1 is 1.23 bits per heavy atom. The van der Waals surface area contributed by atoms with Crippen molar-refractivity contribution in [2.24, 2.45) is 0 Å². The minimum Gasteiger partial charge on any atom is -0.496 e. The molecule has 2 aromatic rings. The zero-order valence-electron chi connectivity index (χ0n) is 12.7. The number of carbonyl (C=O) groups is 2. The monoisotopic (exact) mass is 302 g/mol. The van der Waals surface area contributed by atoms with E-state index < -0.39 is 5.97 Å². The van der Waals surface area contributed by atoms with E-state index in [4.69, 9.17) is 4.74 Å². The lowest BCUT2D eigenvalue weighted by Gasteiger charge is -2.09. The molecule has 0 unspecified atom stereocenters. The molecule has 0 aliphatic rings. The highest BCUT2D eigenvalue weighted by Gasteiger charge is 2.17. The summed E-state index contributed by atoms with van der Waals surface area (Å²) in [7, 11) is 2.85. The maximum atomic E-state index is 12.2. The van der Waals surface area contributed by atoms with Gasteiger partial charge in [0.2, 0.25) is 5.91 Å². The summed E-state index contributed by atoms with van der Waals surface area (Å²) >= 11 is 0. The van der Waals surface area contributed by atoms with Crippen LogP contribution in [0.1, 0.15) is 21.7 Å². The molecule has 2 rings (SSSR count). The molecule has 0 aliphatic carbocycles. The van der Waals surface area contributed by atoms with Crippen molar-refractivity contribution >= 4 is 17.6 Å². The first-order valence-corrected chi connectivity index (χ1v) is 6.74. The Hall–Kier alpha value is -2.76. The van der Waals surface area contributed by atoms with Gasteiger partial charge < -0.3 is 19.8 Å². The van der Waals surface area contributed by atoms with Crippen LogP contribution in [0.3, 0.4) is 0 Å². The van der Waals surface area contributed by atoms with Gasteiger partial charge in [-0.2, -0.15) is 0 Å². The van der Waals surface area contributed by atoms with Crippen molar-refractivity contribution in [1.29, 1.82) is 0 Å². The van der Waals surface area contributed by atoms with Crippen LogP contribution >= 0.6 is 0 Å². The van der Waals surface area contributed by atoms with Crippen molar-refractivity contribution in [3.8, 4) is 5.75 Å². The second kappa shape index (κ2) is 6.80. The van der Waals surface area contributed by atoms with Gasteiger partial charge in [0.15, 0.2) is 0 Å². The smallest absolute Gasteiger partial charge is 0.356 e. The minimum absolute atomic E-state index is 0.148. The number of carbonyl (C=O) groups excluding carboxylic acids is 2. The van der Waals surface area contributed by atoms with E-state index in [0.29, 0.717) is 11.4 Å². The number of aromatic nitrogens is 1. The van der Waals surface area contributed by atoms with Crippen molar-refractivity contribution < 1.29 is 19.1 Å². The molecule has 0 bridgehead atoms. The zero-order valence-corrected chi connectivity index (χ0v) is 12.7. The second-order valence-corrected chi connectivity index (χ2v) is 4.77. The van der Waals surface area contributed by atoms with Gasteiger partial charge in [-0.05, 0) is 19.1 Å². The number of methoxy groups -OCH3 is 2. The molecule has 0 fully saturated rings. The lowest BCUT2D eigenvalue weighted by molar-refractivity contribution is -0.115. The molecule has 1 aromatic carbocycles. The van der Waals surface area contributed by atoms with Crippen LogP contribution in [0.2, 0.25) is 0 Å². The standard InChI is InChI=1S/C16H18N2O4/c1-10-8-12(15(17-10)16(20)22-3)18-14(19)9-11-6-4-5-7-13(11)21-2/h4-8,17H,9H2,1-3H3,(H,18,19). The van der Waals surface area contributed by atoms with Crippen LogP contribution in [0.4, 0.5) is 5.69 Å². The third kappa shape index (κ3) is 3.46. The SMILES string of the molecule is COC(=O)c1[nH]c(C)cc1NC(=O)Cc1ccccc1OC. The average molecular weight is 302 g/mol. The predicted molar refractivity (Wildman–Crippen MR) is 82.2 cm³/mol. The van der Waals surface area contributed by atoms with Crippen LogP contribution in [-0.4, -0.2) is 31.1 Å². The molecule has 0 saturated heterocycles. The molecule has 1 heterocycles. The third-order valence-corrected chi connectivity index (χ3v) is 3.16. The van der Waals surface area contributed by atoms with Crippen molar-refractivity contribution in [3.63, 3.8) is 0 Å². The van der Waals surface area contributed by atoms with Crippen LogP contribution in [0.15, 0.2) is 30.3 Å². The maximum Gasteiger partial charge on any atom is 0.356 e. The van der Waals surface area contributed by atoms with Gasteiger partial charge in [0.05, 0.1) is 26.3 Å². The number of esters is 1. The highest BCUT2D eigenvalue weighted by atomic mass is 16.5. The summed E-state index contributed by atoms with van der Waals surface area (Å²) in [6, 6.07) is 8.98. The van der Waals surface area contributed by atoms with Gasteiger partial charge in [0.25, 0.3) is 0 Å². The van der Waals surface area contributed by atoms with Gasteiger partial charge in [0.1, 0.15) is 11.4 Å². The zero-order chi connectivity index (χ0) is 16.1. The summed E-state index contributed by atoms with van der Waals surface area (Å²) in [5, 5.41) is 2.72. The summed E-state index contributed by atoms with van der Waals surface area (Å²) in [6.07, 6.45) is 0.148. The largest absolute Gasteiger partial charge is 0.496 e. The van der Waals surface area contributed by atoms with Gasteiger partial charge >= 0.3 is 5.97 Å². The van der Waals surface area contributed by atoms with Crippen LogP contribution in [0.25, 0.3) is 0 Å². The number of benzene rings is 1. The normalized spacial score (nSPS) is 10.1. The lowest BCUT2D eigenvalue weighted by Crippen LogP contribution is -2.17. The van der Waals surface area contributed by atoms with E-state index in [1.165, 1.54) is 7.11 Å². The van der Waals surface area contributed by atoms with Crippen molar-refractivity contribution in [2.75, 3.05) is 19.5 Å². The predicted octanol–water partition coefficient (Wildman–Crippen LogP) is 2.30. The number of nitrogens with one attached hydrogen (secondary N) is 2. The summed E-state index contributed by atoms with van der Waals surface area (Å²) in [5.74, 6) is -0.120. The number of amides is 1. The molecule has 6 heteroatoms. The molecular formula is C16H18N2O4. The van der Waals surface area contributed by atoms with E-state index in [-0.39, 0.29) is 18.0 Å². The van der Waals surface area contributed by atoms with Gasteiger partial charge in [0, 0.05) is 11.3 Å². The van der Waals surface area contributed by atoms with Crippen molar-refractivity contribution in [2.45, 2.75) is 13.3 Å². The molecule has 0 atom stereocenters. The Balaban J connectivity index is 2.14. The van der Waals surface area contributed by atoms with Gasteiger partial charge in [-0.3, -0.25) is 4.79 Å². The number of hydrogen-bond donors (Lipinski definition) is 2. The van der Waals surface area contributed by atoms with Crippen molar-refractivity contribution in [3.05, 3.63) is 47.3 Å². The third-order valence-electron chi connectivity index (χ3n) is 3.16. The van der Waals surface area contributed by atoms with Gasteiger partial charge in [-0.1, -0.05) is 18.2 Å². The Morgan fingerprint density at radius 2 is 1.95 bits per heavy atom. The summed E-state index contributed by atoms with van der Waals surface area (Å²) in [6.45, 7) is 1.79. The fourth-order valence-corrected chi connectivity index (χ4v) is 2.17. The number of aromatic amines is 1.